The summed E-state index contributed by atoms with van der Waals surface area (Å²) in [5.74, 6) is 0.518. The molecule has 2 saturated heterocycles. The fourth-order valence-electron chi connectivity index (χ4n) is 2.72. The highest BCUT2D eigenvalue weighted by Gasteiger charge is 2.27. The highest BCUT2D eigenvalue weighted by molar-refractivity contribution is 5.78. The molecule has 0 aromatic carbocycles. The highest BCUT2D eigenvalue weighted by atomic mass is 16.5. The maximum atomic E-state index is 12.3. The van der Waals surface area contributed by atoms with Crippen LogP contribution in [0.5, 0.6) is 0 Å². The number of hydrogen-bond acceptors (Lipinski definition) is 7. The lowest BCUT2D eigenvalue weighted by Gasteiger charge is -2.34. The van der Waals surface area contributed by atoms with E-state index in [1.165, 1.54) is 0 Å². The smallest absolute Gasteiger partial charge is 0.236 e. The predicted octanol–water partition coefficient (Wildman–Crippen LogP) is -0.709. The van der Waals surface area contributed by atoms with Crippen molar-refractivity contribution in [1.29, 1.82) is 0 Å². The molecular weight excluding hydrogens is 286 g/mol. The van der Waals surface area contributed by atoms with E-state index in [-0.39, 0.29) is 12.0 Å². The van der Waals surface area contributed by atoms with Crippen LogP contribution in [0.1, 0.15) is 11.8 Å². The number of amides is 1. The molecule has 120 valence electrons. The van der Waals surface area contributed by atoms with Gasteiger partial charge in [-0.05, 0) is 0 Å². The van der Waals surface area contributed by atoms with Crippen molar-refractivity contribution in [1.82, 2.24) is 19.8 Å². The van der Waals surface area contributed by atoms with Gasteiger partial charge in [-0.15, -0.1) is 0 Å². The molecule has 0 aliphatic carbocycles. The Morgan fingerprint density at radius 2 is 2.00 bits per heavy atom. The maximum absolute atomic E-state index is 12.3. The van der Waals surface area contributed by atoms with E-state index in [1.807, 2.05) is 4.90 Å². The molecule has 8 nitrogen and oxygen atoms in total. The van der Waals surface area contributed by atoms with Crippen molar-refractivity contribution in [3.05, 3.63) is 18.1 Å². The second-order valence-corrected chi connectivity index (χ2v) is 5.41. The van der Waals surface area contributed by atoms with Crippen molar-refractivity contribution in [3.8, 4) is 0 Å². The Bertz CT molecular complexity index is 521. The van der Waals surface area contributed by atoms with Crippen molar-refractivity contribution in [2.75, 3.05) is 58.3 Å². The van der Waals surface area contributed by atoms with E-state index in [0.29, 0.717) is 57.5 Å². The monoisotopic (exact) mass is 307 g/mol. The van der Waals surface area contributed by atoms with Gasteiger partial charge in [-0.2, -0.15) is 0 Å². The standard InChI is InChI=1S/C14H21N5O3/c15-14-13(16-1-2-17-14)11-9-18(3-8-22-11)10-12(20)19-4-6-21-7-5-19/h1-2,11H,3-10H2,(H2,15,17)/t11-/m0/s1. The first-order valence-corrected chi connectivity index (χ1v) is 7.50. The minimum Gasteiger partial charge on any atom is -0.382 e. The van der Waals surface area contributed by atoms with Gasteiger partial charge in [-0.25, -0.2) is 4.98 Å². The summed E-state index contributed by atoms with van der Waals surface area (Å²) in [5, 5.41) is 0. The summed E-state index contributed by atoms with van der Waals surface area (Å²) in [6, 6.07) is 0. The number of hydrogen-bond donors (Lipinski definition) is 1. The van der Waals surface area contributed by atoms with Crippen LogP contribution in [0, 0.1) is 0 Å². The number of carbonyl (C=O) groups excluding carboxylic acids is 1. The summed E-state index contributed by atoms with van der Waals surface area (Å²) in [6.07, 6.45) is 2.92. The fraction of sp³-hybridized carbons (Fsp3) is 0.643. The van der Waals surface area contributed by atoms with Crippen LogP contribution >= 0.6 is 0 Å². The molecule has 1 aromatic heterocycles. The van der Waals surface area contributed by atoms with E-state index in [0.717, 1.165) is 6.54 Å². The second-order valence-electron chi connectivity index (χ2n) is 5.41. The Labute approximate surface area is 129 Å². The lowest BCUT2D eigenvalue weighted by molar-refractivity contribution is -0.138. The zero-order chi connectivity index (χ0) is 15.4. The van der Waals surface area contributed by atoms with E-state index in [2.05, 4.69) is 14.9 Å². The number of anilines is 1. The molecule has 2 aliphatic rings. The van der Waals surface area contributed by atoms with Gasteiger partial charge in [0.05, 0.1) is 26.4 Å². The molecule has 2 fully saturated rings. The molecule has 1 aromatic rings. The minimum absolute atomic E-state index is 0.135. The lowest BCUT2D eigenvalue weighted by atomic mass is 10.2. The number of morpholine rings is 2. The molecule has 0 spiro atoms. The van der Waals surface area contributed by atoms with Gasteiger partial charge in [-0.1, -0.05) is 0 Å². The van der Waals surface area contributed by atoms with Gasteiger partial charge in [0.15, 0.2) is 0 Å². The molecule has 0 bridgehead atoms. The topological polar surface area (TPSA) is 93.8 Å². The van der Waals surface area contributed by atoms with Crippen molar-refractivity contribution in [3.63, 3.8) is 0 Å². The van der Waals surface area contributed by atoms with Gasteiger partial charge in [0.2, 0.25) is 5.91 Å². The van der Waals surface area contributed by atoms with Crippen LogP contribution < -0.4 is 5.73 Å². The van der Waals surface area contributed by atoms with Crippen LogP contribution in [0.15, 0.2) is 12.4 Å². The third kappa shape index (κ3) is 3.52. The number of carbonyl (C=O) groups is 1. The Hall–Kier alpha value is -1.77. The molecule has 0 radical (unpaired) electrons. The van der Waals surface area contributed by atoms with Crippen molar-refractivity contribution < 1.29 is 14.3 Å². The van der Waals surface area contributed by atoms with Gasteiger partial charge in [0.25, 0.3) is 0 Å². The third-order valence-corrected chi connectivity index (χ3v) is 3.93. The molecule has 2 N–H and O–H groups in total. The zero-order valence-electron chi connectivity index (χ0n) is 12.5. The molecule has 1 atom stereocenters. The molecule has 8 heteroatoms. The summed E-state index contributed by atoms with van der Waals surface area (Å²) in [5.41, 5.74) is 6.50. The van der Waals surface area contributed by atoms with Crippen LogP contribution in [-0.4, -0.2) is 78.2 Å². The fourth-order valence-corrected chi connectivity index (χ4v) is 2.72. The van der Waals surface area contributed by atoms with Crippen LogP contribution in [-0.2, 0) is 14.3 Å². The summed E-state index contributed by atoms with van der Waals surface area (Å²) in [7, 11) is 0. The normalized spacial score (nSPS) is 23.5. The minimum atomic E-state index is -0.236. The van der Waals surface area contributed by atoms with Crippen molar-refractivity contribution in [2.45, 2.75) is 6.10 Å². The predicted molar refractivity (Wildman–Crippen MR) is 79.0 cm³/mol. The Kier molecular flexibility index (Phi) is 4.81. The number of ether oxygens (including phenoxy) is 2. The van der Waals surface area contributed by atoms with Gasteiger partial charge in [0.1, 0.15) is 17.6 Å². The van der Waals surface area contributed by atoms with Crippen LogP contribution in [0.4, 0.5) is 5.82 Å². The number of nitrogen functional groups attached to an aromatic ring is 1. The van der Waals surface area contributed by atoms with Gasteiger partial charge in [-0.3, -0.25) is 14.7 Å². The van der Waals surface area contributed by atoms with E-state index < -0.39 is 0 Å². The first-order valence-electron chi connectivity index (χ1n) is 7.50. The third-order valence-electron chi connectivity index (χ3n) is 3.93. The van der Waals surface area contributed by atoms with E-state index >= 15 is 0 Å². The number of aromatic nitrogens is 2. The molecular formula is C14H21N5O3. The molecule has 1 amide bonds. The Morgan fingerprint density at radius 1 is 1.23 bits per heavy atom. The van der Waals surface area contributed by atoms with Crippen LogP contribution in [0.3, 0.4) is 0 Å². The van der Waals surface area contributed by atoms with Gasteiger partial charge >= 0.3 is 0 Å². The summed E-state index contributed by atoms with van der Waals surface area (Å²) in [6.45, 7) is 4.84. The van der Waals surface area contributed by atoms with Gasteiger partial charge < -0.3 is 20.1 Å². The molecule has 0 unspecified atom stereocenters. The first-order chi connectivity index (χ1) is 10.7. The molecule has 3 rings (SSSR count). The van der Waals surface area contributed by atoms with Crippen LogP contribution in [0.25, 0.3) is 0 Å². The van der Waals surface area contributed by atoms with Crippen molar-refractivity contribution in [2.24, 2.45) is 0 Å². The van der Waals surface area contributed by atoms with E-state index in [1.54, 1.807) is 12.4 Å². The number of nitrogens with two attached hydrogens (primary N) is 1. The van der Waals surface area contributed by atoms with Crippen LogP contribution in [0.2, 0.25) is 0 Å². The number of nitrogens with zero attached hydrogens (tertiary/aromatic N) is 4. The average molecular weight is 307 g/mol. The largest absolute Gasteiger partial charge is 0.382 e. The molecule has 3 heterocycles. The van der Waals surface area contributed by atoms with Gasteiger partial charge in [0, 0.05) is 38.6 Å². The van der Waals surface area contributed by atoms with E-state index in [4.69, 9.17) is 15.2 Å². The zero-order valence-corrected chi connectivity index (χ0v) is 12.5. The quantitative estimate of drug-likeness (QED) is 0.788. The summed E-state index contributed by atoms with van der Waals surface area (Å²) in [4.78, 5) is 24.5. The summed E-state index contributed by atoms with van der Waals surface area (Å²) < 4.78 is 11.0. The number of rotatable bonds is 3. The molecule has 0 saturated carbocycles. The summed E-state index contributed by atoms with van der Waals surface area (Å²) >= 11 is 0. The average Bonchev–Trinajstić information content (AvgIpc) is 2.56. The molecule has 2 aliphatic heterocycles. The lowest BCUT2D eigenvalue weighted by Crippen LogP contribution is -2.48. The van der Waals surface area contributed by atoms with E-state index in [9.17, 15) is 4.79 Å². The maximum Gasteiger partial charge on any atom is 0.236 e. The Morgan fingerprint density at radius 3 is 2.77 bits per heavy atom. The first kappa shape index (κ1) is 15.1. The molecule has 22 heavy (non-hydrogen) atoms. The highest BCUT2D eigenvalue weighted by Crippen LogP contribution is 2.23. The van der Waals surface area contributed by atoms with Crippen molar-refractivity contribution >= 4 is 11.7 Å². The SMILES string of the molecule is Nc1nccnc1[C@@H]1CN(CC(=O)N2CCOCC2)CCO1. The second kappa shape index (κ2) is 6.99. The Balaban J connectivity index is 1.58.